The molecule has 0 aliphatic carbocycles. The Hall–Kier alpha value is -1.29. The van der Waals surface area contributed by atoms with Crippen LogP contribution in [0, 0.1) is 5.92 Å². The quantitative estimate of drug-likeness (QED) is 0.869. The lowest BCUT2D eigenvalue weighted by Gasteiger charge is -2.33. The summed E-state index contributed by atoms with van der Waals surface area (Å²) >= 11 is 0. The summed E-state index contributed by atoms with van der Waals surface area (Å²) in [6.07, 6.45) is 5.00. The van der Waals surface area contributed by atoms with Crippen LogP contribution in [0.4, 0.5) is 5.82 Å². The van der Waals surface area contributed by atoms with Gasteiger partial charge in [0.05, 0.1) is 6.61 Å². The predicted octanol–water partition coefficient (Wildman–Crippen LogP) is 2.08. The smallest absolute Gasteiger partial charge is 0.171 e. The highest BCUT2D eigenvalue weighted by Gasteiger charge is 2.22. The molecule has 0 spiro atoms. The second-order valence-corrected chi connectivity index (χ2v) is 4.81. The minimum absolute atomic E-state index is 0.258. The van der Waals surface area contributed by atoms with Crippen LogP contribution < -0.4 is 9.64 Å². The van der Waals surface area contributed by atoms with Crippen molar-refractivity contribution in [2.45, 2.75) is 26.2 Å². The maximum Gasteiger partial charge on any atom is 0.171 e. The summed E-state index contributed by atoms with van der Waals surface area (Å²) in [4.78, 5) is 6.67. The maximum atomic E-state index is 9.29. The van der Waals surface area contributed by atoms with Crippen LogP contribution in [0.15, 0.2) is 18.3 Å². The van der Waals surface area contributed by atoms with Crippen molar-refractivity contribution in [3.8, 4) is 5.75 Å². The molecule has 1 aromatic heterocycles. The maximum absolute atomic E-state index is 9.29. The fourth-order valence-electron chi connectivity index (χ4n) is 2.35. The molecule has 0 radical (unpaired) electrons. The van der Waals surface area contributed by atoms with E-state index in [1.54, 1.807) is 6.20 Å². The third kappa shape index (κ3) is 3.13. The lowest BCUT2D eigenvalue weighted by atomic mass is 9.99. The zero-order valence-electron chi connectivity index (χ0n) is 11.0. The molecule has 1 aliphatic rings. The molecule has 4 heteroatoms. The van der Waals surface area contributed by atoms with Crippen molar-refractivity contribution in [3.05, 3.63) is 18.3 Å². The van der Waals surface area contributed by atoms with E-state index in [0.717, 1.165) is 50.5 Å². The molecule has 0 amide bonds. The van der Waals surface area contributed by atoms with Gasteiger partial charge in [0, 0.05) is 25.9 Å². The zero-order valence-corrected chi connectivity index (χ0v) is 11.0. The monoisotopic (exact) mass is 250 g/mol. The number of piperidine rings is 1. The first-order chi connectivity index (χ1) is 8.85. The van der Waals surface area contributed by atoms with E-state index < -0.39 is 0 Å². The predicted molar refractivity (Wildman–Crippen MR) is 72.0 cm³/mol. The van der Waals surface area contributed by atoms with E-state index in [0.29, 0.717) is 5.92 Å². The van der Waals surface area contributed by atoms with Gasteiger partial charge in [-0.3, -0.25) is 0 Å². The van der Waals surface area contributed by atoms with Gasteiger partial charge in [0.2, 0.25) is 0 Å². The van der Waals surface area contributed by atoms with Gasteiger partial charge in [-0.2, -0.15) is 0 Å². The number of nitrogens with zero attached hydrogens (tertiary/aromatic N) is 2. The molecule has 100 valence electrons. The number of hydrogen-bond donors (Lipinski definition) is 1. The average molecular weight is 250 g/mol. The van der Waals surface area contributed by atoms with Crippen molar-refractivity contribution in [1.29, 1.82) is 0 Å². The molecule has 4 nitrogen and oxygen atoms in total. The van der Waals surface area contributed by atoms with Gasteiger partial charge in [-0.25, -0.2) is 4.98 Å². The molecule has 1 N–H and O–H groups in total. The molecule has 2 rings (SSSR count). The number of pyridine rings is 1. The van der Waals surface area contributed by atoms with Gasteiger partial charge in [-0.05, 0) is 37.3 Å². The van der Waals surface area contributed by atoms with Crippen LogP contribution in [0.2, 0.25) is 0 Å². The van der Waals surface area contributed by atoms with E-state index in [2.05, 4.69) is 16.8 Å². The van der Waals surface area contributed by atoms with E-state index in [1.165, 1.54) is 0 Å². The Morgan fingerprint density at radius 3 is 3.22 bits per heavy atom. The molecular formula is C14H22N2O2. The first-order valence-electron chi connectivity index (χ1n) is 6.78. The summed E-state index contributed by atoms with van der Waals surface area (Å²) < 4.78 is 5.74. The van der Waals surface area contributed by atoms with Crippen LogP contribution in [0.5, 0.6) is 5.75 Å². The lowest BCUT2D eigenvalue weighted by molar-refractivity contribution is 0.208. The summed E-state index contributed by atoms with van der Waals surface area (Å²) in [6.45, 7) is 4.94. The topological polar surface area (TPSA) is 45.6 Å². The largest absolute Gasteiger partial charge is 0.490 e. The van der Waals surface area contributed by atoms with Gasteiger partial charge in [-0.15, -0.1) is 0 Å². The van der Waals surface area contributed by atoms with E-state index >= 15 is 0 Å². The van der Waals surface area contributed by atoms with E-state index in [-0.39, 0.29) is 6.61 Å². The first kappa shape index (κ1) is 13.1. The van der Waals surface area contributed by atoms with Crippen molar-refractivity contribution in [2.24, 2.45) is 5.92 Å². The van der Waals surface area contributed by atoms with Crippen molar-refractivity contribution in [2.75, 3.05) is 31.2 Å². The number of aliphatic hydroxyl groups is 1. The van der Waals surface area contributed by atoms with Gasteiger partial charge in [-0.1, -0.05) is 6.92 Å². The zero-order chi connectivity index (χ0) is 12.8. The molecule has 1 aromatic rings. The van der Waals surface area contributed by atoms with Crippen LogP contribution in [0.25, 0.3) is 0 Å². The molecule has 1 unspecified atom stereocenters. The number of aliphatic hydroxyl groups excluding tert-OH is 1. The summed E-state index contributed by atoms with van der Waals surface area (Å²) in [7, 11) is 0. The number of hydrogen-bond acceptors (Lipinski definition) is 4. The number of rotatable bonds is 5. The molecule has 1 fully saturated rings. The van der Waals surface area contributed by atoms with Crippen molar-refractivity contribution in [1.82, 2.24) is 4.98 Å². The van der Waals surface area contributed by atoms with Crippen molar-refractivity contribution in [3.63, 3.8) is 0 Å². The Labute approximate surface area is 109 Å². The minimum Gasteiger partial charge on any atom is -0.490 e. The van der Waals surface area contributed by atoms with Gasteiger partial charge >= 0.3 is 0 Å². The van der Waals surface area contributed by atoms with E-state index in [1.807, 2.05) is 12.1 Å². The van der Waals surface area contributed by atoms with Gasteiger partial charge in [0.25, 0.3) is 0 Å². The van der Waals surface area contributed by atoms with Gasteiger partial charge in [0.15, 0.2) is 11.6 Å². The van der Waals surface area contributed by atoms with Crippen LogP contribution >= 0.6 is 0 Å². The van der Waals surface area contributed by atoms with Crippen molar-refractivity contribution < 1.29 is 9.84 Å². The van der Waals surface area contributed by atoms with Gasteiger partial charge < -0.3 is 14.7 Å². The SMILES string of the molecule is CCCOc1cccnc1N1CCCC(CO)C1. The molecule has 18 heavy (non-hydrogen) atoms. The summed E-state index contributed by atoms with van der Waals surface area (Å²) in [5.74, 6) is 2.14. The highest BCUT2D eigenvalue weighted by Crippen LogP contribution is 2.29. The van der Waals surface area contributed by atoms with Crippen LogP contribution in [-0.2, 0) is 0 Å². The van der Waals surface area contributed by atoms with E-state index in [4.69, 9.17) is 4.74 Å². The van der Waals surface area contributed by atoms with Gasteiger partial charge in [0.1, 0.15) is 0 Å². The van der Waals surface area contributed by atoms with E-state index in [9.17, 15) is 5.11 Å². The highest BCUT2D eigenvalue weighted by atomic mass is 16.5. The Kier molecular flexibility index (Phi) is 4.81. The summed E-state index contributed by atoms with van der Waals surface area (Å²) in [6, 6.07) is 3.88. The minimum atomic E-state index is 0.258. The Bertz CT molecular complexity index is 371. The standard InChI is InChI=1S/C14H22N2O2/c1-2-9-18-13-6-3-7-15-14(13)16-8-4-5-12(10-16)11-17/h3,6-7,12,17H,2,4-5,8-11H2,1H3. The summed E-state index contributed by atoms with van der Waals surface area (Å²) in [5, 5.41) is 9.29. The van der Waals surface area contributed by atoms with Crippen molar-refractivity contribution >= 4 is 5.82 Å². The third-order valence-electron chi connectivity index (χ3n) is 3.29. The van der Waals surface area contributed by atoms with Crippen LogP contribution in [0.1, 0.15) is 26.2 Å². The fourth-order valence-corrected chi connectivity index (χ4v) is 2.35. The molecule has 0 bridgehead atoms. The van der Waals surface area contributed by atoms with Crippen LogP contribution in [-0.4, -0.2) is 36.4 Å². The number of ether oxygens (including phenoxy) is 1. The normalized spacial score (nSPS) is 19.9. The fraction of sp³-hybridized carbons (Fsp3) is 0.643. The third-order valence-corrected chi connectivity index (χ3v) is 3.29. The molecular weight excluding hydrogens is 228 g/mol. The highest BCUT2D eigenvalue weighted by molar-refractivity contribution is 5.52. The number of anilines is 1. The molecule has 1 atom stereocenters. The Balaban J connectivity index is 2.11. The first-order valence-corrected chi connectivity index (χ1v) is 6.78. The van der Waals surface area contributed by atoms with Crippen LogP contribution in [0.3, 0.4) is 0 Å². The molecule has 2 heterocycles. The lowest BCUT2D eigenvalue weighted by Crippen LogP contribution is -2.37. The molecule has 0 saturated carbocycles. The summed E-state index contributed by atoms with van der Waals surface area (Å²) in [5.41, 5.74) is 0. The average Bonchev–Trinajstić information content (AvgIpc) is 2.45. The molecule has 0 aromatic carbocycles. The molecule has 1 aliphatic heterocycles. The number of aromatic nitrogens is 1. The second kappa shape index (κ2) is 6.59. The second-order valence-electron chi connectivity index (χ2n) is 4.81. The molecule has 1 saturated heterocycles. The Morgan fingerprint density at radius 1 is 1.56 bits per heavy atom. The Morgan fingerprint density at radius 2 is 2.44 bits per heavy atom.